The molecule has 0 spiro atoms. The number of para-hydroxylation sites is 1. The summed E-state index contributed by atoms with van der Waals surface area (Å²) in [5.41, 5.74) is 3.23. The van der Waals surface area contributed by atoms with E-state index in [9.17, 15) is 9.59 Å². The fraction of sp³-hybridized carbons (Fsp3) is 0.0952. The Morgan fingerprint density at radius 1 is 1.07 bits per heavy atom. The summed E-state index contributed by atoms with van der Waals surface area (Å²) in [5, 5.41) is 1.94. The lowest BCUT2D eigenvalue weighted by molar-refractivity contribution is -0.118. The highest BCUT2D eigenvalue weighted by Gasteiger charge is 2.16. The van der Waals surface area contributed by atoms with Crippen molar-refractivity contribution in [3.63, 3.8) is 0 Å². The average molecular weight is 375 g/mol. The number of fused-ring (bicyclic) bond motifs is 1. The average Bonchev–Trinajstić information content (AvgIpc) is 3.15. The van der Waals surface area contributed by atoms with E-state index in [2.05, 4.69) is 4.98 Å². The first kappa shape index (κ1) is 17.2. The Hall–Kier alpha value is -3.25. The van der Waals surface area contributed by atoms with E-state index >= 15 is 0 Å². The van der Waals surface area contributed by atoms with E-state index in [0.29, 0.717) is 10.2 Å². The smallest absolute Gasteiger partial charge is 0.271 e. The maximum atomic E-state index is 12.8. The number of hydrogen-bond donors (Lipinski definition) is 0. The zero-order valence-corrected chi connectivity index (χ0v) is 15.5. The Morgan fingerprint density at radius 3 is 2.44 bits per heavy atom. The van der Waals surface area contributed by atoms with Crippen LogP contribution in [0.5, 0.6) is 0 Å². The van der Waals surface area contributed by atoms with Crippen molar-refractivity contribution in [2.45, 2.75) is 6.54 Å². The number of nitrogens with zero attached hydrogens (tertiary/aromatic N) is 3. The van der Waals surface area contributed by atoms with Crippen LogP contribution in [-0.2, 0) is 11.3 Å². The topological polar surface area (TPSA) is 55.2 Å². The molecule has 0 bridgehead atoms. The second-order valence-corrected chi connectivity index (χ2v) is 7.04. The summed E-state index contributed by atoms with van der Waals surface area (Å²) in [6.07, 6.45) is 1.46. The molecular formula is C21H17N3O2S. The van der Waals surface area contributed by atoms with Crippen molar-refractivity contribution in [3.8, 4) is 11.1 Å². The van der Waals surface area contributed by atoms with Crippen molar-refractivity contribution >= 4 is 33.1 Å². The molecule has 0 unspecified atom stereocenters. The third-order valence-electron chi connectivity index (χ3n) is 4.45. The molecule has 0 atom stereocenters. The molecule has 0 saturated heterocycles. The van der Waals surface area contributed by atoms with Crippen LogP contribution in [0.25, 0.3) is 21.3 Å². The molecule has 0 fully saturated rings. The predicted molar refractivity (Wildman–Crippen MR) is 109 cm³/mol. The molecule has 4 aromatic rings. The van der Waals surface area contributed by atoms with Gasteiger partial charge in [-0.3, -0.25) is 14.2 Å². The second-order valence-electron chi connectivity index (χ2n) is 6.16. The van der Waals surface area contributed by atoms with Gasteiger partial charge in [0.1, 0.15) is 11.2 Å². The SMILES string of the molecule is CN(C(=O)Cn1cnc2c(-c3ccccc3)csc2c1=O)c1ccccc1. The summed E-state index contributed by atoms with van der Waals surface area (Å²) < 4.78 is 1.93. The number of anilines is 1. The number of thiophene rings is 1. The van der Waals surface area contributed by atoms with E-state index in [1.807, 2.05) is 66.0 Å². The number of carbonyl (C=O) groups excluding carboxylic acids is 1. The zero-order chi connectivity index (χ0) is 18.8. The van der Waals surface area contributed by atoms with Gasteiger partial charge in [-0.15, -0.1) is 11.3 Å². The minimum absolute atomic E-state index is 0.0499. The number of carbonyl (C=O) groups is 1. The van der Waals surface area contributed by atoms with Gasteiger partial charge in [0.25, 0.3) is 5.56 Å². The zero-order valence-electron chi connectivity index (χ0n) is 14.7. The van der Waals surface area contributed by atoms with Crippen LogP contribution in [0.15, 0.2) is 77.2 Å². The van der Waals surface area contributed by atoms with Crippen LogP contribution in [0.2, 0.25) is 0 Å². The van der Waals surface area contributed by atoms with Crippen molar-refractivity contribution in [2.24, 2.45) is 0 Å². The lowest BCUT2D eigenvalue weighted by Gasteiger charge is -2.17. The Balaban J connectivity index is 1.65. The molecule has 2 heterocycles. The van der Waals surface area contributed by atoms with Crippen LogP contribution in [0.4, 0.5) is 5.69 Å². The number of benzene rings is 2. The van der Waals surface area contributed by atoms with E-state index < -0.39 is 0 Å². The quantitative estimate of drug-likeness (QED) is 0.545. The van der Waals surface area contributed by atoms with Gasteiger partial charge in [-0.05, 0) is 17.7 Å². The fourth-order valence-corrected chi connectivity index (χ4v) is 3.90. The Kier molecular flexibility index (Phi) is 4.56. The van der Waals surface area contributed by atoms with Gasteiger partial charge < -0.3 is 4.90 Å². The number of likely N-dealkylation sites (N-methyl/N-ethyl adjacent to an activating group) is 1. The van der Waals surface area contributed by atoms with Crippen molar-refractivity contribution in [2.75, 3.05) is 11.9 Å². The van der Waals surface area contributed by atoms with E-state index in [1.165, 1.54) is 22.2 Å². The van der Waals surface area contributed by atoms with E-state index in [1.54, 1.807) is 11.9 Å². The maximum Gasteiger partial charge on any atom is 0.271 e. The highest BCUT2D eigenvalue weighted by molar-refractivity contribution is 7.17. The van der Waals surface area contributed by atoms with Crippen molar-refractivity contribution in [1.82, 2.24) is 9.55 Å². The molecule has 1 amide bonds. The molecule has 5 nitrogen and oxygen atoms in total. The summed E-state index contributed by atoms with van der Waals surface area (Å²) in [5.74, 6) is -0.177. The lowest BCUT2D eigenvalue weighted by atomic mass is 10.1. The molecule has 0 radical (unpaired) electrons. The van der Waals surface area contributed by atoms with Crippen LogP contribution < -0.4 is 10.5 Å². The molecule has 4 rings (SSSR count). The Morgan fingerprint density at radius 2 is 1.74 bits per heavy atom. The van der Waals surface area contributed by atoms with Gasteiger partial charge in [0.05, 0.1) is 11.8 Å². The largest absolute Gasteiger partial charge is 0.314 e. The first-order valence-corrected chi connectivity index (χ1v) is 9.37. The Labute approximate surface area is 160 Å². The minimum atomic E-state index is -0.193. The highest BCUT2D eigenvalue weighted by Crippen LogP contribution is 2.30. The number of hydrogen-bond acceptors (Lipinski definition) is 4. The van der Waals surface area contributed by atoms with Crippen LogP contribution in [-0.4, -0.2) is 22.5 Å². The van der Waals surface area contributed by atoms with Crippen molar-refractivity contribution in [1.29, 1.82) is 0 Å². The van der Waals surface area contributed by atoms with Gasteiger partial charge in [-0.25, -0.2) is 4.98 Å². The molecule has 134 valence electrons. The normalized spacial score (nSPS) is 10.9. The number of amides is 1. The van der Waals surface area contributed by atoms with Gasteiger partial charge in [-0.2, -0.15) is 0 Å². The summed E-state index contributed by atoms with van der Waals surface area (Å²) in [6, 6.07) is 19.2. The second kappa shape index (κ2) is 7.17. The van der Waals surface area contributed by atoms with E-state index in [4.69, 9.17) is 0 Å². The van der Waals surface area contributed by atoms with E-state index in [-0.39, 0.29) is 18.0 Å². The molecule has 0 aliphatic rings. The van der Waals surface area contributed by atoms with E-state index in [0.717, 1.165) is 16.8 Å². The first-order chi connectivity index (χ1) is 13.1. The van der Waals surface area contributed by atoms with Crippen LogP contribution in [0.3, 0.4) is 0 Å². The van der Waals surface area contributed by atoms with Crippen molar-refractivity contribution < 1.29 is 4.79 Å². The maximum absolute atomic E-state index is 12.8. The van der Waals surface area contributed by atoms with Gasteiger partial charge in [-0.1, -0.05) is 48.5 Å². The van der Waals surface area contributed by atoms with Crippen molar-refractivity contribution in [3.05, 3.63) is 82.7 Å². The van der Waals surface area contributed by atoms with Crippen LogP contribution >= 0.6 is 11.3 Å². The summed E-state index contributed by atoms with van der Waals surface area (Å²) in [4.78, 5) is 31.4. The molecule has 2 aromatic heterocycles. The first-order valence-electron chi connectivity index (χ1n) is 8.49. The van der Waals surface area contributed by atoms with Gasteiger partial charge >= 0.3 is 0 Å². The molecule has 27 heavy (non-hydrogen) atoms. The lowest BCUT2D eigenvalue weighted by Crippen LogP contribution is -2.33. The fourth-order valence-electron chi connectivity index (χ4n) is 2.92. The molecule has 0 saturated carbocycles. The predicted octanol–water partition coefficient (Wildman–Crippen LogP) is 3.79. The monoisotopic (exact) mass is 375 g/mol. The van der Waals surface area contributed by atoms with Crippen LogP contribution in [0, 0.1) is 0 Å². The molecule has 2 aromatic carbocycles. The third-order valence-corrected chi connectivity index (χ3v) is 5.41. The standard InChI is InChI=1S/C21H17N3O2S/c1-23(16-10-6-3-7-11-16)18(25)12-24-14-22-19-17(13-27-20(19)21(24)26)15-8-4-2-5-9-15/h2-11,13-14H,12H2,1H3. The molecular weight excluding hydrogens is 358 g/mol. The van der Waals surface area contributed by atoms with Gasteiger partial charge in [0.15, 0.2) is 0 Å². The van der Waals surface area contributed by atoms with Gasteiger partial charge in [0.2, 0.25) is 5.91 Å². The molecule has 6 heteroatoms. The van der Waals surface area contributed by atoms with Crippen LogP contribution in [0.1, 0.15) is 0 Å². The number of aromatic nitrogens is 2. The molecule has 0 N–H and O–H groups in total. The molecule has 0 aliphatic heterocycles. The highest BCUT2D eigenvalue weighted by atomic mass is 32.1. The summed E-state index contributed by atoms with van der Waals surface area (Å²) in [7, 11) is 1.70. The number of rotatable bonds is 4. The molecule has 0 aliphatic carbocycles. The minimum Gasteiger partial charge on any atom is -0.314 e. The van der Waals surface area contributed by atoms with Gasteiger partial charge in [0, 0.05) is 23.7 Å². The Bertz CT molecular complexity index is 1150. The third kappa shape index (κ3) is 3.27. The summed E-state index contributed by atoms with van der Waals surface area (Å²) in [6.45, 7) is -0.0499. The summed E-state index contributed by atoms with van der Waals surface area (Å²) >= 11 is 1.36.